The minimum absolute atomic E-state index is 0.602. The van der Waals surface area contributed by atoms with Gasteiger partial charge in [-0.25, -0.2) is 0 Å². The largest absolute Gasteiger partial charge is 0.359 e. The summed E-state index contributed by atoms with van der Waals surface area (Å²) in [6.07, 6.45) is 5.53. The van der Waals surface area contributed by atoms with Crippen molar-refractivity contribution in [3.05, 3.63) is 29.3 Å². The fourth-order valence-corrected chi connectivity index (χ4v) is 4.07. The smallest absolute Gasteiger partial charge is 0.171 e. The number of rotatable bonds is 2. The molecule has 2 fully saturated rings. The Morgan fingerprint density at radius 2 is 1.84 bits per heavy atom. The first-order valence-electron chi connectivity index (χ1n) is 7.26. The van der Waals surface area contributed by atoms with Crippen LogP contribution < -0.4 is 10.6 Å². The zero-order chi connectivity index (χ0) is 13.4. The lowest BCUT2D eigenvalue weighted by molar-refractivity contribution is 0.392. The molecule has 1 aromatic rings. The Morgan fingerprint density at radius 1 is 1.11 bits per heavy atom. The van der Waals surface area contributed by atoms with Crippen molar-refractivity contribution in [1.82, 2.24) is 5.32 Å². The number of benzene rings is 1. The first-order valence-corrected chi connectivity index (χ1v) is 7.67. The van der Waals surface area contributed by atoms with E-state index >= 15 is 0 Å². The summed E-state index contributed by atoms with van der Waals surface area (Å²) in [5, 5.41) is 7.63. The van der Waals surface area contributed by atoms with Gasteiger partial charge in [0.25, 0.3) is 0 Å². The summed E-state index contributed by atoms with van der Waals surface area (Å²) in [5.74, 6) is 1.80. The van der Waals surface area contributed by atoms with Crippen LogP contribution in [0.25, 0.3) is 0 Å². The summed E-state index contributed by atoms with van der Waals surface area (Å²) in [6.45, 7) is 4.23. The van der Waals surface area contributed by atoms with Gasteiger partial charge in [-0.3, -0.25) is 0 Å². The van der Waals surface area contributed by atoms with Crippen LogP contribution in [0.1, 0.15) is 36.8 Å². The van der Waals surface area contributed by atoms with Crippen molar-refractivity contribution in [3.63, 3.8) is 0 Å². The lowest BCUT2D eigenvalue weighted by atomic mass is 9.95. The number of aryl methyl sites for hydroxylation is 2. The molecule has 0 saturated heterocycles. The monoisotopic (exact) mass is 274 g/mol. The third-order valence-corrected chi connectivity index (χ3v) is 4.75. The lowest BCUT2D eigenvalue weighted by Gasteiger charge is -2.24. The predicted octanol–water partition coefficient (Wildman–Crippen LogP) is 3.78. The van der Waals surface area contributed by atoms with Crippen molar-refractivity contribution < 1.29 is 0 Å². The summed E-state index contributed by atoms with van der Waals surface area (Å²) in [6, 6.07) is 7.06. The number of hydrogen-bond donors (Lipinski definition) is 2. The van der Waals surface area contributed by atoms with Crippen LogP contribution in [0.5, 0.6) is 0 Å². The molecule has 0 aromatic heterocycles. The standard InChI is InChI=1S/C16H22N2S/c1-10-5-11(2)7-14(6-10)17-16(19)18-15-9-12-3-4-13(15)8-12/h5-7,12-13,15H,3-4,8-9H2,1-2H3,(H2,17,18,19). The Balaban J connectivity index is 1.59. The van der Waals surface area contributed by atoms with Gasteiger partial charge >= 0.3 is 0 Å². The summed E-state index contributed by atoms with van der Waals surface area (Å²) >= 11 is 5.45. The normalized spacial score (nSPS) is 28.4. The minimum atomic E-state index is 0.602. The molecule has 102 valence electrons. The van der Waals surface area contributed by atoms with Gasteiger partial charge in [-0.1, -0.05) is 12.5 Å². The Labute approximate surface area is 121 Å². The van der Waals surface area contributed by atoms with Gasteiger partial charge in [-0.15, -0.1) is 0 Å². The molecule has 2 aliphatic rings. The summed E-state index contributed by atoms with van der Waals surface area (Å²) < 4.78 is 0. The Hall–Kier alpha value is -1.09. The summed E-state index contributed by atoms with van der Waals surface area (Å²) in [7, 11) is 0. The molecule has 2 saturated carbocycles. The first kappa shape index (κ1) is 12.9. The highest BCUT2D eigenvalue weighted by molar-refractivity contribution is 7.80. The van der Waals surface area contributed by atoms with Crippen molar-refractivity contribution in [2.24, 2.45) is 11.8 Å². The van der Waals surface area contributed by atoms with Gasteiger partial charge in [-0.05, 0) is 80.4 Å². The maximum atomic E-state index is 5.45. The number of fused-ring (bicyclic) bond motifs is 2. The van der Waals surface area contributed by atoms with Gasteiger partial charge in [0.05, 0.1) is 0 Å². The highest BCUT2D eigenvalue weighted by atomic mass is 32.1. The third kappa shape index (κ3) is 2.92. The molecule has 3 atom stereocenters. The summed E-state index contributed by atoms with van der Waals surface area (Å²) in [5.41, 5.74) is 3.63. The maximum Gasteiger partial charge on any atom is 0.171 e. The van der Waals surface area contributed by atoms with Crippen LogP contribution in [0.15, 0.2) is 18.2 Å². The van der Waals surface area contributed by atoms with Crippen molar-refractivity contribution in [2.45, 2.75) is 45.6 Å². The van der Waals surface area contributed by atoms with E-state index in [-0.39, 0.29) is 0 Å². The zero-order valence-electron chi connectivity index (χ0n) is 11.7. The van der Waals surface area contributed by atoms with E-state index in [9.17, 15) is 0 Å². The molecule has 0 radical (unpaired) electrons. The maximum absolute atomic E-state index is 5.45. The second-order valence-electron chi connectivity index (χ2n) is 6.26. The molecule has 3 unspecified atom stereocenters. The van der Waals surface area contributed by atoms with Crippen molar-refractivity contribution >= 4 is 23.0 Å². The molecule has 3 heteroatoms. The second-order valence-corrected chi connectivity index (χ2v) is 6.66. The molecule has 2 bridgehead atoms. The number of nitrogens with one attached hydrogen (secondary N) is 2. The molecular formula is C16H22N2S. The molecule has 2 aliphatic carbocycles. The van der Waals surface area contributed by atoms with E-state index in [1.807, 2.05) is 0 Å². The van der Waals surface area contributed by atoms with E-state index in [2.05, 4.69) is 42.7 Å². The zero-order valence-corrected chi connectivity index (χ0v) is 12.5. The molecule has 0 amide bonds. The molecule has 1 aromatic carbocycles. The van der Waals surface area contributed by atoms with Gasteiger partial charge in [0, 0.05) is 11.7 Å². The predicted molar refractivity (Wildman–Crippen MR) is 84.5 cm³/mol. The van der Waals surface area contributed by atoms with Gasteiger partial charge in [0.15, 0.2) is 5.11 Å². The molecule has 2 N–H and O–H groups in total. The van der Waals surface area contributed by atoms with Crippen LogP contribution in [0.3, 0.4) is 0 Å². The average molecular weight is 274 g/mol. The molecule has 2 nitrogen and oxygen atoms in total. The highest BCUT2D eigenvalue weighted by Gasteiger charge is 2.39. The minimum Gasteiger partial charge on any atom is -0.359 e. The first-order chi connectivity index (χ1) is 9.10. The SMILES string of the molecule is Cc1cc(C)cc(NC(=S)NC2CC3CCC2C3)c1. The number of anilines is 1. The Kier molecular flexibility index (Phi) is 3.48. The fraction of sp³-hybridized carbons (Fsp3) is 0.562. The average Bonchev–Trinajstić information content (AvgIpc) is 2.88. The van der Waals surface area contributed by atoms with Gasteiger partial charge in [0.2, 0.25) is 0 Å². The van der Waals surface area contributed by atoms with Crippen LogP contribution in [0, 0.1) is 25.7 Å². The second kappa shape index (κ2) is 5.12. The van der Waals surface area contributed by atoms with E-state index in [0.29, 0.717) is 6.04 Å². The Morgan fingerprint density at radius 3 is 2.42 bits per heavy atom. The van der Waals surface area contributed by atoms with Crippen molar-refractivity contribution in [1.29, 1.82) is 0 Å². The van der Waals surface area contributed by atoms with E-state index in [0.717, 1.165) is 22.6 Å². The number of thiocarbonyl (C=S) groups is 1. The third-order valence-electron chi connectivity index (χ3n) is 4.53. The molecule has 0 heterocycles. The Bertz CT molecular complexity index is 477. The quantitative estimate of drug-likeness (QED) is 0.803. The van der Waals surface area contributed by atoms with Gasteiger partial charge in [-0.2, -0.15) is 0 Å². The highest BCUT2D eigenvalue weighted by Crippen LogP contribution is 2.44. The van der Waals surface area contributed by atoms with E-state index < -0.39 is 0 Å². The summed E-state index contributed by atoms with van der Waals surface area (Å²) in [4.78, 5) is 0. The van der Waals surface area contributed by atoms with Crippen LogP contribution >= 0.6 is 12.2 Å². The molecule has 0 spiro atoms. The van der Waals surface area contributed by atoms with Gasteiger partial charge < -0.3 is 10.6 Å². The van der Waals surface area contributed by atoms with Crippen molar-refractivity contribution in [3.8, 4) is 0 Å². The van der Waals surface area contributed by atoms with E-state index in [1.165, 1.54) is 36.8 Å². The van der Waals surface area contributed by atoms with Crippen LogP contribution in [-0.2, 0) is 0 Å². The van der Waals surface area contributed by atoms with E-state index in [1.54, 1.807) is 0 Å². The van der Waals surface area contributed by atoms with Crippen LogP contribution in [0.2, 0.25) is 0 Å². The fourth-order valence-electron chi connectivity index (χ4n) is 3.80. The van der Waals surface area contributed by atoms with Crippen molar-refractivity contribution in [2.75, 3.05) is 5.32 Å². The molecule has 19 heavy (non-hydrogen) atoms. The number of hydrogen-bond acceptors (Lipinski definition) is 1. The van der Waals surface area contributed by atoms with E-state index in [4.69, 9.17) is 12.2 Å². The molecule has 3 rings (SSSR count). The lowest BCUT2D eigenvalue weighted by Crippen LogP contribution is -2.40. The van der Waals surface area contributed by atoms with Gasteiger partial charge in [0.1, 0.15) is 0 Å². The topological polar surface area (TPSA) is 24.1 Å². The molecular weight excluding hydrogens is 252 g/mol. The van der Waals surface area contributed by atoms with Crippen LogP contribution in [-0.4, -0.2) is 11.2 Å². The molecule has 0 aliphatic heterocycles. The van der Waals surface area contributed by atoms with Crippen LogP contribution in [0.4, 0.5) is 5.69 Å².